The van der Waals surface area contributed by atoms with Gasteiger partial charge < -0.3 is 15.4 Å². The van der Waals surface area contributed by atoms with Crippen molar-refractivity contribution in [2.45, 2.75) is 38.3 Å². The lowest BCUT2D eigenvalue weighted by atomic mass is 10.1. The Morgan fingerprint density at radius 2 is 2.17 bits per heavy atom. The quantitative estimate of drug-likeness (QED) is 0.857. The summed E-state index contributed by atoms with van der Waals surface area (Å²) in [5, 5.41) is 10.1. The molecular weight excluding hydrogens is 304 g/mol. The molecule has 1 aromatic heterocycles. The minimum atomic E-state index is -0.134. The van der Waals surface area contributed by atoms with Gasteiger partial charge in [0.15, 0.2) is 0 Å². The first-order valence-electron chi connectivity index (χ1n) is 8.35. The first kappa shape index (κ1) is 16.4. The van der Waals surface area contributed by atoms with Gasteiger partial charge in [0.25, 0.3) is 0 Å². The van der Waals surface area contributed by atoms with Crippen LogP contribution in [0.3, 0.4) is 0 Å². The van der Waals surface area contributed by atoms with Gasteiger partial charge in [0.1, 0.15) is 5.75 Å². The second-order valence-electron chi connectivity index (χ2n) is 6.24. The van der Waals surface area contributed by atoms with Crippen molar-refractivity contribution in [2.24, 2.45) is 7.05 Å². The van der Waals surface area contributed by atoms with Crippen LogP contribution in [-0.2, 0) is 7.05 Å². The Hall–Kier alpha value is -2.50. The van der Waals surface area contributed by atoms with Crippen LogP contribution >= 0.6 is 0 Å². The molecule has 0 radical (unpaired) electrons. The van der Waals surface area contributed by atoms with Crippen LogP contribution in [0.5, 0.6) is 5.75 Å². The fourth-order valence-corrected chi connectivity index (χ4v) is 2.85. The third kappa shape index (κ3) is 3.88. The van der Waals surface area contributed by atoms with Crippen LogP contribution in [0.25, 0.3) is 0 Å². The summed E-state index contributed by atoms with van der Waals surface area (Å²) in [6, 6.07) is 8.12. The van der Waals surface area contributed by atoms with E-state index >= 15 is 0 Å². The number of amides is 2. The molecule has 1 aromatic carbocycles. The third-order valence-corrected chi connectivity index (χ3v) is 4.30. The number of ether oxygens (including phenoxy) is 1. The number of hydrogen-bond donors (Lipinski definition) is 2. The first-order valence-corrected chi connectivity index (χ1v) is 8.35. The summed E-state index contributed by atoms with van der Waals surface area (Å²) in [5.74, 6) is 1.27. The number of hydrogen-bond acceptors (Lipinski definition) is 3. The van der Waals surface area contributed by atoms with Crippen molar-refractivity contribution in [3.8, 4) is 5.75 Å². The van der Waals surface area contributed by atoms with Crippen molar-refractivity contribution >= 4 is 6.03 Å². The zero-order chi connectivity index (χ0) is 17.1. The normalized spacial score (nSPS) is 20.3. The molecule has 0 saturated heterocycles. The highest BCUT2D eigenvalue weighted by Gasteiger charge is 2.39. The highest BCUT2D eigenvalue weighted by atomic mass is 16.5. The molecule has 1 aliphatic rings. The van der Waals surface area contributed by atoms with Gasteiger partial charge in [0, 0.05) is 30.8 Å². The Labute approximate surface area is 142 Å². The molecule has 1 heterocycles. The van der Waals surface area contributed by atoms with E-state index in [1.54, 1.807) is 10.9 Å². The summed E-state index contributed by atoms with van der Waals surface area (Å²) in [7, 11) is 1.86. The molecule has 2 amide bonds. The van der Waals surface area contributed by atoms with Gasteiger partial charge in [0.05, 0.1) is 18.8 Å². The van der Waals surface area contributed by atoms with E-state index < -0.39 is 0 Å². The van der Waals surface area contributed by atoms with E-state index in [-0.39, 0.29) is 18.1 Å². The smallest absolute Gasteiger partial charge is 0.315 e. The van der Waals surface area contributed by atoms with E-state index in [0.717, 1.165) is 17.7 Å². The molecule has 24 heavy (non-hydrogen) atoms. The molecule has 0 aliphatic heterocycles. The average molecular weight is 328 g/mol. The van der Waals surface area contributed by atoms with Crippen molar-refractivity contribution < 1.29 is 9.53 Å². The predicted octanol–water partition coefficient (Wildman–Crippen LogP) is 2.74. The molecule has 1 saturated carbocycles. The zero-order valence-electron chi connectivity index (χ0n) is 14.3. The summed E-state index contributed by atoms with van der Waals surface area (Å²) >= 11 is 0. The number of nitrogens with one attached hydrogen (secondary N) is 2. The molecule has 0 bridgehead atoms. The van der Waals surface area contributed by atoms with Crippen LogP contribution in [0.15, 0.2) is 36.7 Å². The molecule has 3 atom stereocenters. The summed E-state index contributed by atoms with van der Waals surface area (Å²) in [4.78, 5) is 12.1. The molecule has 6 heteroatoms. The highest BCUT2D eigenvalue weighted by Crippen LogP contribution is 2.41. The van der Waals surface area contributed by atoms with Gasteiger partial charge in [-0.05, 0) is 38.0 Å². The van der Waals surface area contributed by atoms with E-state index in [9.17, 15) is 4.79 Å². The zero-order valence-corrected chi connectivity index (χ0v) is 14.3. The molecule has 2 N–H and O–H groups in total. The predicted molar refractivity (Wildman–Crippen MR) is 92.0 cm³/mol. The lowest BCUT2D eigenvalue weighted by Crippen LogP contribution is -2.38. The summed E-state index contributed by atoms with van der Waals surface area (Å²) in [6.07, 6.45) is 4.65. The summed E-state index contributed by atoms with van der Waals surface area (Å²) in [5.41, 5.74) is 2.23. The highest BCUT2D eigenvalue weighted by molar-refractivity contribution is 5.75. The van der Waals surface area contributed by atoms with E-state index in [4.69, 9.17) is 4.74 Å². The fraction of sp³-hybridized carbons (Fsp3) is 0.444. The van der Waals surface area contributed by atoms with Gasteiger partial charge >= 0.3 is 6.03 Å². The van der Waals surface area contributed by atoms with Crippen molar-refractivity contribution in [3.63, 3.8) is 0 Å². The van der Waals surface area contributed by atoms with E-state index in [0.29, 0.717) is 12.5 Å². The Kier molecular flexibility index (Phi) is 4.74. The van der Waals surface area contributed by atoms with Gasteiger partial charge in [-0.15, -0.1) is 0 Å². The summed E-state index contributed by atoms with van der Waals surface area (Å²) < 4.78 is 7.18. The molecule has 1 aliphatic carbocycles. The van der Waals surface area contributed by atoms with Crippen LogP contribution in [0.1, 0.15) is 43.4 Å². The SMILES string of the molecule is CCOc1ccc([C@@H]2C[C@H]2NC(=O)N[C@H](C)c2cnn(C)c2)cc1. The number of carbonyl (C=O) groups excluding carboxylic acids is 1. The maximum Gasteiger partial charge on any atom is 0.315 e. The molecule has 3 rings (SSSR count). The van der Waals surface area contributed by atoms with Crippen molar-refractivity contribution in [2.75, 3.05) is 6.61 Å². The van der Waals surface area contributed by atoms with Gasteiger partial charge in [-0.1, -0.05) is 12.1 Å². The number of urea groups is 1. The van der Waals surface area contributed by atoms with Gasteiger partial charge in [-0.25, -0.2) is 4.79 Å². The van der Waals surface area contributed by atoms with Crippen molar-refractivity contribution in [3.05, 3.63) is 47.8 Å². The minimum absolute atomic E-state index is 0.0682. The minimum Gasteiger partial charge on any atom is -0.494 e. The van der Waals surface area contributed by atoms with Crippen LogP contribution in [0.2, 0.25) is 0 Å². The molecular formula is C18H24N4O2. The molecule has 0 spiro atoms. The van der Waals surface area contributed by atoms with Gasteiger partial charge in [0.2, 0.25) is 0 Å². The fourth-order valence-electron chi connectivity index (χ4n) is 2.85. The number of aryl methyl sites for hydroxylation is 1. The lowest BCUT2D eigenvalue weighted by Gasteiger charge is -2.13. The number of aromatic nitrogens is 2. The third-order valence-electron chi connectivity index (χ3n) is 4.30. The number of carbonyl (C=O) groups is 1. The van der Waals surface area contributed by atoms with Crippen LogP contribution in [0, 0.1) is 0 Å². The molecule has 128 valence electrons. The van der Waals surface area contributed by atoms with Crippen molar-refractivity contribution in [1.29, 1.82) is 0 Å². The monoisotopic (exact) mass is 328 g/mol. The topological polar surface area (TPSA) is 68.2 Å². The lowest BCUT2D eigenvalue weighted by molar-refractivity contribution is 0.237. The molecule has 0 unspecified atom stereocenters. The Morgan fingerprint density at radius 1 is 1.42 bits per heavy atom. The van der Waals surface area contributed by atoms with E-state index in [2.05, 4.69) is 27.9 Å². The first-order chi connectivity index (χ1) is 11.6. The Bertz CT molecular complexity index is 695. The molecule has 2 aromatic rings. The van der Waals surface area contributed by atoms with Crippen LogP contribution in [-0.4, -0.2) is 28.5 Å². The number of rotatable bonds is 6. The maximum absolute atomic E-state index is 12.1. The van der Waals surface area contributed by atoms with Crippen molar-refractivity contribution in [1.82, 2.24) is 20.4 Å². The number of nitrogens with zero attached hydrogens (tertiary/aromatic N) is 2. The second kappa shape index (κ2) is 6.95. The maximum atomic E-state index is 12.1. The average Bonchev–Trinajstić information content (AvgIpc) is 3.17. The molecule has 6 nitrogen and oxygen atoms in total. The summed E-state index contributed by atoms with van der Waals surface area (Å²) in [6.45, 7) is 4.59. The van der Waals surface area contributed by atoms with Gasteiger partial charge in [-0.3, -0.25) is 4.68 Å². The number of benzene rings is 1. The van der Waals surface area contributed by atoms with Gasteiger partial charge in [-0.2, -0.15) is 5.10 Å². The van der Waals surface area contributed by atoms with E-state index in [1.165, 1.54) is 5.56 Å². The van der Waals surface area contributed by atoms with Crippen LogP contribution in [0.4, 0.5) is 4.79 Å². The standard InChI is InChI=1S/C18H24N4O2/c1-4-24-15-7-5-13(6-8-15)16-9-17(16)21-18(23)20-12(2)14-10-19-22(3)11-14/h5-8,10-12,16-17H,4,9H2,1-3H3,(H2,20,21,23)/t12-,16+,17-/m1/s1. The Morgan fingerprint density at radius 3 is 2.79 bits per heavy atom. The Balaban J connectivity index is 1.48. The second-order valence-corrected chi connectivity index (χ2v) is 6.24. The largest absolute Gasteiger partial charge is 0.494 e. The molecule has 1 fully saturated rings. The van der Waals surface area contributed by atoms with Crippen LogP contribution < -0.4 is 15.4 Å². The van der Waals surface area contributed by atoms with E-state index in [1.807, 2.05) is 39.2 Å².